The van der Waals surface area contributed by atoms with Crippen molar-refractivity contribution in [3.63, 3.8) is 0 Å². The first-order valence-corrected chi connectivity index (χ1v) is 13.0. The van der Waals surface area contributed by atoms with Crippen molar-refractivity contribution in [1.82, 2.24) is 5.32 Å². The molecule has 7 heteroatoms. The second-order valence-electron chi connectivity index (χ2n) is 9.57. The third-order valence-corrected chi connectivity index (χ3v) is 7.01. The van der Waals surface area contributed by atoms with Crippen LogP contribution in [0, 0.1) is 0 Å². The first-order chi connectivity index (χ1) is 19.5. The summed E-state index contributed by atoms with van der Waals surface area (Å²) in [6, 6.07) is 28.5. The maximum Gasteiger partial charge on any atom is 0.407 e. The Morgan fingerprint density at radius 1 is 0.800 bits per heavy atom. The van der Waals surface area contributed by atoms with Gasteiger partial charge in [0.1, 0.15) is 30.5 Å². The van der Waals surface area contributed by atoms with E-state index in [1.54, 1.807) is 32.4 Å². The fourth-order valence-electron chi connectivity index (χ4n) is 5.10. The molecule has 0 saturated heterocycles. The molecule has 0 bridgehead atoms. The summed E-state index contributed by atoms with van der Waals surface area (Å²) >= 11 is 0. The van der Waals surface area contributed by atoms with Crippen LogP contribution in [0.25, 0.3) is 11.1 Å². The average Bonchev–Trinajstić information content (AvgIpc) is 3.31. The summed E-state index contributed by atoms with van der Waals surface area (Å²) in [5, 5.41) is 3.03. The number of alkyl carbamates (subject to hydrolysis) is 1. The van der Waals surface area contributed by atoms with Crippen molar-refractivity contribution in [2.75, 3.05) is 27.4 Å². The van der Waals surface area contributed by atoms with E-state index in [9.17, 15) is 9.59 Å². The van der Waals surface area contributed by atoms with E-state index in [1.165, 1.54) is 18.1 Å². The number of ketones is 1. The van der Waals surface area contributed by atoms with Crippen molar-refractivity contribution in [2.24, 2.45) is 0 Å². The highest BCUT2D eigenvalue weighted by Gasteiger charge is 2.30. The molecule has 0 spiro atoms. The normalized spacial score (nSPS) is 12.6. The number of amides is 1. The molecular formula is C33H31NO6. The number of ether oxygens (including phenoxy) is 4. The van der Waals surface area contributed by atoms with Crippen LogP contribution in [0.2, 0.25) is 0 Å². The minimum atomic E-state index is -0.585. The molecule has 1 aliphatic carbocycles. The van der Waals surface area contributed by atoms with Crippen LogP contribution < -0.4 is 19.5 Å². The van der Waals surface area contributed by atoms with Gasteiger partial charge in [-0.3, -0.25) is 4.79 Å². The van der Waals surface area contributed by atoms with Gasteiger partial charge in [-0.05, 0) is 59.0 Å². The predicted octanol–water partition coefficient (Wildman–Crippen LogP) is 6.30. The van der Waals surface area contributed by atoms with Crippen molar-refractivity contribution in [3.8, 4) is 28.4 Å². The first kappa shape index (κ1) is 26.8. The molecule has 1 amide bonds. The standard InChI is InChI=1S/C33H31NO6/c1-21(35)19-39-23-14-12-22(13-15-23)32(29-17-16-24(37-2)18-31(29)38-3)34-33(36)40-20-30-27-10-6-4-8-25(27)26-9-5-7-11-28(26)30/h4-18,30,32H,19-20H2,1-3H3,(H,34,36). The van der Waals surface area contributed by atoms with Crippen LogP contribution >= 0.6 is 0 Å². The summed E-state index contributed by atoms with van der Waals surface area (Å²) in [7, 11) is 3.15. The van der Waals surface area contributed by atoms with Gasteiger partial charge in [-0.1, -0.05) is 60.7 Å². The summed E-state index contributed by atoms with van der Waals surface area (Å²) in [6.07, 6.45) is -0.554. The van der Waals surface area contributed by atoms with Crippen molar-refractivity contribution in [1.29, 1.82) is 0 Å². The van der Waals surface area contributed by atoms with E-state index >= 15 is 0 Å². The van der Waals surface area contributed by atoms with Gasteiger partial charge in [-0.25, -0.2) is 4.79 Å². The lowest BCUT2D eigenvalue weighted by Gasteiger charge is -2.23. The quantitative estimate of drug-likeness (QED) is 0.256. The Morgan fingerprint density at radius 3 is 2.02 bits per heavy atom. The molecule has 0 fully saturated rings. The number of hydrogen-bond acceptors (Lipinski definition) is 6. The number of nitrogens with one attached hydrogen (secondary N) is 1. The molecule has 0 aromatic heterocycles. The summed E-state index contributed by atoms with van der Waals surface area (Å²) in [4.78, 5) is 24.6. The molecule has 0 heterocycles. The Labute approximate surface area is 233 Å². The largest absolute Gasteiger partial charge is 0.497 e. The van der Waals surface area contributed by atoms with E-state index in [1.807, 2.05) is 48.5 Å². The van der Waals surface area contributed by atoms with Gasteiger partial charge in [-0.15, -0.1) is 0 Å². The third-order valence-electron chi connectivity index (χ3n) is 7.01. The average molecular weight is 538 g/mol. The van der Waals surface area contributed by atoms with Crippen molar-refractivity contribution in [3.05, 3.63) is 113 Å². The van der Waals surface area contributed by atoms with Crippen LogP contribution in [-0.4, -0.2) is 39.3 Å². The number of fused-ring (bicyclic) bond motifs is 3. The molecule has 1 unspecified atom stereocenters. The van der Waals surface area contributed by atoms with E-state index in [0.29, 0.717) is 17.2 Å². The van der Waals surface area contributed by atoms with E-state index in [2.05, 4.69) is 29.6 Å². The van der Waals surface area contributed by atoms with E-state index in [-0.39, 0.29) is 24.9 Å². The summed E-state index contributed by atoms with van der Waals surface area (Å²) in [6.45, 7) is 1.66. The fourth-order valence-corrected chi connectivity index (χ4v) is 5.10. The summed E-state index contributed by atoms with van der Waals surface area (Å²) in [5.74, 6) is 1.63. The Morgan fingerprint density at radius 2 is 1.43 bits per heavy atom. The zero-order valence-electron chi connectivity index (χ0n) is 22.7. The first-order valence-electron chi connectivity index (χ1n) is 13.0. The Bertz CT molecular complexity index is 1470. The molecule has 4 aromatic carbocycles. The highest BCUT2D eigenvalue weighted by atomic mass is 16.5. The van der Waals surface area contributed by atoms with Crippen LogP contribution in [-0.2, 0) is 9.53 Å². The second kappa shape index (κ2) is 11.9. The molecule has 0 aliphatic heterocycles. The smallest absolute Gasteiger partial charge is 0.407 e. The van der Waals surface area contributed by atoms with Crippen LogP contribution in [0.5, 0.6) is 17.2 Å². The van der Waals surface area contributed by atoms with Gasteiger partial charge >= 0.3 is 6.09 Å². The van der Waals surface area contributed by atoms with E-state index in [0.717, 1.165) is 22.3 Å². The maximum absolute atomic E-state index is 13.3. The number of rotatable bonds is 10. The number of Topliss-reactive ketones (excluding diaryl/α,β-unsaturated/α-hetero) is 1. The molecule has 204 valence electrons. The molecule has 40 heavy (non-hydrogen) atoms. The Kier molecular flexibility index (Phi) is 8.01. The predicted molar refractivity (Wildman–Crippen MR) is 152 cm³/mol. The zero-order chi connectivity index (χ0) is 28.1. The molecule has 4 aromatic rings. The number of benzene rings is 4. The summed E-state index contributed by atoms with van der Waals surface area (Å²) < 4.78 is 22.4. The molecule has 1 N–H and O–H groups in total. The van der Waals surface area contributed by atoms with Crippen LogP contribution in [0.3, 0.4) is 0 Å². The van der Waals surface area contributed by atoms with E-state index in [4.69, 9.17) is 18.9 Å². The monoisotopic (exact) mass is 537 g/mol. The van der Waals surface area contributed by atoms with Crippen molar-refractivity contribution >= 4 is 11.9 Å². The van der Waals surface area contributed by atoms with Crippen LogP contribution in [0.1, 0.15) is 41.1 Å². The molecule has 1 aliphatic rings. The van der Waals surface area contributed by atoms with Gasteiger partial charge in [0.15, 0.2) is 5.78 Å². The minimum Gasteiger partial charge on any atom is -0.497 e. The van der Waals surface area contributed by atoms with Crippen LogP contribution in [0.4, 0.5) is 4.79 Å². The fraction of sp³-hybridized carbons (Fsp3) is 0.212. The van der Waals surface area contributed by atoms with Crippen molar-refractivity contribution < 1.29 is 28.5 Å². The van der Waals surface area contributed by atoms with Gasteiger partial charge in [0.2, 0.25) is 0 Å². The lowest BCUT2D eigenvalue weighted by molar-refractivity contribution is -0.118. The lowest BCUT2D eigenvalue weighted by atomic mass is 9.97. The number of carbonyl (C=O) groups excluding carboxylic acids is 2. The maximum atomic E-state index is 13.3. The topological polar surface area (TPSA) is 83.1 Å². The minimum absolute atomic E-state index is 0.00687. The highest BCUT2D eigenvalue weighted by Crippen LogP contribution is 2.44. The third kappa shape index (κ3) is 5.64. The second-order valence-corrected chi connectivity index (χ2v) is 9.57. The molecule has 7 nitrogen and oxygen atoms in total. The number of carbonyl (C=O) groups is 2. The Balaban J connectivity index is 1.38. The molecular weight excluding hydrogens is 506 g/mol. The van der Waals surface area contributed by atoms with Gasteiger partial charge in [0.25, 0.3) is 0 Å². The van der Waals surface area contributed by atoms with Gasteiger partial charge in [0, 0.05) is 17.5 Å². The summed E-state index contributed by atoms with van der Waals surface area (Å²) in [5.41, 5.74) is 6.14. The molecule has 1 atom stereocenters. The van der Waals surface area contributed by atoms with Crippen LogP contribution in [0.15, 0.2) is 91.0 Å². The lowest BCUT2D eigenvalue weighted by Crippen LogP contribution is -2.31. The van der Waals surface area contributed by atoms with E-state index < -0.39 is 12.1 Å². The Hall–Kier alpha value is -4.78. The van der Waals surface area contributed by atoms with Gasteiger partial charge < -0.3 is 24.3 Å². The highest BCUT2D eigenvalue weighted by molar-refractivity contribution is 5.79. The van der Waals surface area contributed by atoms with Crippen molar-refractivity contribution in [2.45, 2.75) is 18.9 Å². The number of methoxy groups -OCH3 is 2. The molecule has 0 saturated carbocycles. The SMILES string of the molecule is COc1ccc(C(NC(=O)OCC2c3ccccc3-c3ccccc32)c2ccc(OCC(C)=O)cc2)c(OC)c1. The van der Waals surface area contributed by atoms with Gasteiger partial charge in [-0.2, -0.15) is 0 Å². The number of hydrogen-bond donors (Lipinski definition) is 1. The molecule has 5 rings (SSSR count). The zero-order valence-corrected chi connectivity index (χ0v) is 22.7. The van der Waals surface area contributed by atoms with Gasteiger partial charge in [0.05, 0.1) is 20.3 Å². The molecule has 0 radical (unpaired) electrons.